The van der Waals surface area contributed by atoms with Gasteiger partial charge in [0, 0.05) is 18.0 Å². The zero-order valence-electron chi connectivity index (χ0n) is 10.1. The topological polar surface area (TPSA) is 61.0 Å². The number of rotatable bonds is 4. The summed E-state index contributed by atoms with van der Waals surface area (Å²) in [6.45, 7) is 0.594. The lowest BCUT2D eigenvalue weighted by atomic mass is 10.2. The summed E-state index contributed by atoms with van der Waals surface area (Å²) >= 11 is 6.06. The Bertz CT molecular complexity index is 528. The molecule has 0 bridgehead atoms. The molecule has 0 saturated carbocycles. The summed E-state index contributed by atoms with van der Waals surface area (Å²) in [4.78, 5) is 8.60. The van der Waals surface area contributed by atoms with Crippen LogP contribution in [0.4, 0.5) is 0 Å². The van der Waals surface area contributed by atoms with Crippen molar-refractivity contribution in [3.8, 4) is 17.1 Å². The molecular weight excluding hydrogens is 250 g/mol. The zero-order valence-corrected chi connectivity index (χ0v) is 10.8. The van der Waals surface area contributed by atoms with E-state index in [9.17, 15) is 0 Å². The summed E-state index contributed by atoms with van der Waals surface area (Å²) < 4.78 is 5.10. The summed E-state index contributed by atoms with van der Waals surface area (Å²) in [5, 5.41) is 0.546. The molecule has 1 aromatic heterocycles. The Morgan fingerprint density at radius 1 is 1.28 bits per heavy atom. The van der Waals surface area contributed by atoms with E-state index in [-0.39, 0.29) is 0 Å². The fourth-order valence-electron chi connectivity index (χ4n) is 1.61. The molecular formula is C13H14ClN3O. The highest BCUT2D eigenvalue weighted by Crippen LogP contribution is 2.28. The summed E-state index contributed by atoms with van der Waals surface area (Å²) in [7, 11) is 1.58. The Labute approximate surface area is 111 Å². The third-order valence-corrected chi connectivity index (χ3v) is 2.84. The van der Waals surface area contributed by atoms with E-state index in [1.807, 2.05) is 6.07 Å². The summed E-state index contributed by atoms with van der Waals surface area (Å²) in [5.74, 6) is 1.28. The minimum atomic E-state index is 0.546. The van der Waals surface area contributed by atoms with Gasteiger partial charge in [-0.3, -0.25) is 0 Å². The van der Waals surface area contributed by atoms with Gasteiger partial charge in [0.1, 0.15) is 5.75 Å². The van der Waals surface area contributed by atoms with Crippen LogP contribution in [0.2, 0.25) is 5.02 Å². The van der Waals surface area contributed by atoms with E-state index < -0.39 is 0 Å². The van der Waals surface area contributed by atoms with Crippen molar-refractivity contribution in [2.24, 2.45) is 5.73 Å². The van der Waals surface area contributed by atoms with Crippen LogP contribution in [0.3, 0.4) is 0 Å². The number of methoxy groups -OCH3 is 1. The first-order valence-electron chi connectivity index (χ1n) is 5.59. The maximum Gasteiger partial charge on any atom is 0.159 e. The van der Waals surface area contributed by atoms with E-state index in [2.05, 4.69) is 9.97 Å². The second-order valence-corrected chi connectivity index (χ2v) is 4.21. The van der Waals surface area contributed by atoms with Crippen LogP contribution in [0.25, 0.3) is 11.4 Å². The van der Waals surface area contributed by atoms with Crippen LogP contribution in [-0.4, -0.2) is 23.6 Å². The van der Waals surface area contributed by atoms with Crippen LogP contribution >= 0.6 is 11.6 Å². The lowest BCUT2D eigenvalue weighted by molar-refractivity contribution is 0.415. The first kappa shape index (κ1) is 12.8. The number of aromatic nitrogens is 2. The van der Waals surface area contributed by atoms with Gasteiger partial charge in [0.15, 0.2) is 5.82 Å². The summed E-state index contributed by atoms with van der Waals surface area (Å²) in [6.07, 6.45) is 4.35. The SMILES string of the molecule is COc1ccc(-c2ncc(CCN)cn2)cc1Cl. The Morgan fingerprint density at radius 3 is 2.56 bits per heavy atom. The molecule has 0 spiro atoms. The fourth-order valence-corrected chi connectivity index (χ4v) is 1.86. The molecule has 2 N–H and O–H groups in total. The van der Waals surface area contributed by atoms with Gasteiger partial charge < -0.3 is 10.5 Å². The van der Waals surface area contributed by atoms with Crippen LogP contribution in [0.15, 0.2) is 30.6 Å². The largest absolute Gasteiger partial charge is 0.495 e. The molecule has 0 aliphatic rings. The van der Waals surface area contributed by atoms with Crippen LogP contribution < -0.4 is 10.5 Å². The van der Waals surface area contributed by atoms with E-state index in [1.165, 1.54) is 0 Å². The third kappa shape index (κ3) is 2.78. The second-order valence-electron chi connectivity index (χ2n) is 3.80. The van der Waals surface area contributed by atoms with Crippen LogP contribution in [0.1, 0.15) is 5.56 Å². The highest BCUT2D eigenvalue weighted by Gasteiger charge is 2.06. The molecule has 4 nitrogen and oxygen atoms in total. The number of hydrogen-bond donors (Lipinski definition) is 1. The summed E-state index contributed by atoms with van der Waals surface area (Å²) in [5.41, 5.74) is 7.36. The number of ether oxygens (including phenoxy) is 1. The van der Waals surface area contributed by atoms with E-state index in [1.54, 1.807) is 31.6 Å². The summed E-state index contributed by atoms with van der Waals surface area (Å²) in [6, 6.07) is 5.47. The van der Waals surface area contributed by atoms with Crippen molar-refractivity contribution in [3.05, 3.63) is 41.2 Å². The first-order chi connectivity index (χ1) is 8.74. The first-order valence-corrected chi connectivity index (χ1v) is 5.97. The minimum Gasteiger partial charge on any atom is -0.495 e. The van der Waals surface area contributed by atoms with E-state index in [0.29, 0.717) is 23.1 Å². The molecule has 0 amide bonds. The van der Waals surface area contributed by atoms with Gasteiger partial charge in [-0.2, -0.15) is 0 Å². The van der Waals surface area contributed by atoms with Crippen LogP contribution in [0.5, 0.6) is 5.75 Å². The maximum absolute atomic E-state index is 6.06. The molecule has 18 heavy (non-hydrogen) atoms. The molecule has 2 rings (SSSR count). The predicted molar refractivity (Wildman–Crippen MR) is 71.8 cm³/mol. The Morgan fingerprint density at radius 2 is 2.00 bits per heavy atom. The van der Waals surface area contributed by atoms with Gasteiger partial charge >= 0.3 is 0 Å². The average molecular weight is 264 g/mol. The van der Waals surface area contributed by atoms with Gasteiger partial charge in [-0.1, -0.05) is 11.6 Å². The number of hydrogen-bond acceptors (Lipinski definition) is 4. The molecule has 0 unspecified atom stereocenters. The van der Waals surface area contributed by atoms with Crippen molar-refractivity contribution in [1.82, 2.24) is 9.97 Å². The highest BCUT2D eigenvalue weighted by atomic mass is 35.5. The van der Waals surface area contributed by atoms with Gasteiger partial charge in [0.25, 0.3) is 0 Å². The Balaban J connectivity index is 2.28. The Hall–Kier alpha value is -1.65. The third-order valence-electron chi connectivity index (χ3n) is 2.55. The van der Waals surface area contributed by atoms with Gasteiger partial charge in [-0.15, -0.1) is 0 Å². The standard InChI is InChI=1S/C13H14ClN3O/c1-18-12-3-2-10(6-11(12)14)13-16-7-9(4-5-15)8-17-13/h2-3,6-8H,4-5,15H2,1H3. The van der Waals surface area contributed by atoms with E-state index in [0.717, 1.165) is 17.5 Å². The molecule has 1 aromatic carbocycles. The van der Waals surface area contributed by atoms with E-state index >= 15 is 0 Å². The number of halogens is 1. The van der Waals surface area contributed by atoms with Crippen LogP contribution in [-0.2, 0) is 6.42 Å². The van der Waals surface area contributed by atoms with Crippen molar-refractivity contribution >= 4 is 11.6 Å². The molecule has 94 valence electrons. The van der Waals surface area contributed by atoms with Gasteiger partial charge in [-0.05, 0) is 36.7 Å². The molecule has 5 heteroatoms. The average Bonchev–Trinajstić information content (AvgIpc) is 2.40. The molecule has 0 aliphatic carbocycles. The van der Waals surface area contributed by atoms with Crippen molar-refractivity contribution in [1.29, 1.82) is 0 Å². The van der Waals surface area contributed by atoms with Crippen molar-refractivity contribution in [2.45, 2.75) is 6.42 Å². The predicted octanol–water partition coefficient (Wildman–Crippen LogP) is 2.31. The van der Waals surface area contributed by atoms with E-state index in [4.69, 9.17) is 22.1 Å². The smallest absolute Gasteiger partial charge is 0.159 e. The maximum atomic E-state index is 6.06. The fraction of sp³-hybridized carbons (Fsp3) is 0.231. The van der Waals surface area contributed by atoms with Gasteiger partial charge in [0.2, 0.25) is 0 Å². The quantitative estimate of drug-likeness (QED) is 0.920. The monoisotopic (exact) mass is 263 g/mol. The molecule has 2 aromatic rings. The molecule has 0 atom stereocenters. The minimum absolute atomic E-state index is 0.546. The number of nitrogens with two attached hydrogens (primary N) is 1. The zero-order chi connectivity index (χ0) is 13.0. The lowest BCUT2D eigenvalue weighted by Crippen LogP contribution is -2.03. The normalized spacial score (nSPS) is 10.4. The van der Waals surface area contributed by atoms with Crippen molar-refractivity contribution in [2.75, 3.05) is 13.7 Å². The van der Waals surface area contributed by atoms with Crippen molar-refractivity contribution in [3.63, 3.8) is 0 Å². The molecule has 0 fully saturated rings. The van der Waals surface area contributed by atoms with Gasteiger partial charge in [-0.25, -0.2) is 9.97 Å². The van der Waals surface area contributed by atoms with Crippen LogP contribution in [0, 0.1) is 0 Å². The molecule has 0 saturated heterocycles. The molecule has 1 heterocycles. The number of nitrogens with zero attached hydrogens (tertiary/aromatic N) is 2. The van der Waals surface area contributed by atoms with Gasteiger partial charge in [0.05, 0.1) is 12.1 Å². The highest BCUT2D eigenvalue weighted by molar-refractivity contribution is 6.32. The van der Waals surface area contributed by atoms with Crippen molar-refractivity contribution < 1.29 is 4.74 Å². The molecule has 0 aliphatic heterocycles. The second kappa shape index (κ2) is 5.80. The number of benzene rings is 1. The Kier molecular flexibility index (Phi) is 4.12. The lowest BCUT2D eigenvalue weighted by Gasteiger charge is -2.05. The molecule has 0 radical (unpaired) electrons.